The lowest BCUT2D eigenvalue weighted by molar-refractivity contribution is 0.0674. The van der Waals surface area contributed by atoms with Crippen molar-refractivity contribution in [2.24, 2.45) is 0 Å². The molecule has 1 amide bonds. The van der Waals surface area contributed by atoms with Gasteiger partial charge in [-0.05, 0) is 6.07 Å². The van der Waals surface area contributed by atoms with Crippen molar-refractivity contribution in [2.75, 3.05) is 31.1 Å². The van der Waals surface area contributed by atoms with Crippen LogP contribution in [-0.2, 0) is 0 Å². The molecule has 1 aliphatic rings. The molecule has 0 radical (unpaired) electrons. The Labute approximate surface area is 137 Å². The van der Waals surface area contributed by atoms with Gasteiger partial charge < -0.3 is 24.9 Å². The number of nitrogens with zero attached hydrogens (tertiary/aromatic N) is 5. The fraction of sp³-hybridized carbons (Fsp3) is 0.333. The summed E-state index contributed by atoms with van der Waals surface area (Å²) in [7, 11) is 0. The number of hydrogen-bond donors (Lipinski definition) is 3. The minimum absolute atomic E-state index is 0.0912. The van der Waals surface area contributed by atoms with E-state index in [9.17, 15) is 9.90 Å². The number of aromatic nitrogens is 5. The summed E-state index contributed by atoms with van der Waals surface area (Å²) in [6.45, 7) is 1.75. The molecule has 9 nitrogen and oxygen atoms in total. The van der Waals surface area contributed by atoms with Crippen LogP contribution < -0.4 is 4.90 Å². The first-order valence-corrected chi connectivity index (χ1v) is 7.71. The zero-order valence-electron chi connectivity index (χ0n) is 12.9. The highest BCUT2D eigenvalue weighted by molar-refractivity contribution is 5.94. The number of amides is 1. The van der Waals surface area contributed by atoms with Crippen molar-refractivity contribution in [1.82, 2.24) is 29.8 Å². The Balaban J connectivity index is 1.58. The minimum Gasteiger partial charge on any atom is -0.389 e. The molecular formula is C15H17N7O2. The fourth-order valence-corrected chi connectivity index (χ4v) is 3.00. The standard InChI is InChI=1S/C15H17N7O2/c23-11-6-21(14-12-13(18-8-17-12)19-9-20-14)3-4-22(7-11)15(24)10-1-2-16-5-10/h1-2,5,8-9,11,16,23H,3-4,6-7H2,(H,17,18,19,20)/t11-/m1/s1. The Morgan fingerprint density at radius 3 is 3.00 bits per heavy atom. The molecule has 0 unspecified atom stereocenters. The Morgan fingerprint density at radius 2 is 2.17 bits per heavy atom. The van der Waals surface area contributed by atoms with Crippen molar-refractivity contribution in [3.8, 4) is 0 Å². The van der Waals surface area contributed by atoms with Gasteiger partial charge in [-0.25, -0.2) is 15.0 Å². The van der Waals surface area contributed by atoms with Crippen LogP contribution in [0.2, 0.25) is 0 Å². The summed E-state index contributed by atoms with van der Waals surface area (Å²) >= 11 is 0. The highest BCUT2D eigenvalue weighted by atomic mass is 16.3. The molecule has 4 rings (SSSR count). The molecule has 1 aliphatic heterocycles. The van der Waals surface area contributed by atoms with Gasteiger partial charge in [0.25, 0.3) is 5.91 Å². The molecule has 1 atom stereocenters. The van der Waals surface area contributed by atoms with E-state index in [4.69, 9.17) is 0 Å². The summed E-state index contributed by atoms with van der Waals surface area (Å²) in [6, 6.07) is 1.73. The molecule has 1 fully saturated rings. The lowest BCUT2D eigenvalue weighted by atomic mass is 10.2. The van der Waals surface area contributed by atoms with Crippen molar-refractivity contribution in [3.63, 3.8) is 0 Å². The number of β-amino-alcohol motifs (C(OH)–C–C–N with tert-alkyl or cyclic N) is 1. The van der Waals surface area contributed by atoms with E-state index in [2.05, 4.69) is 24.9 Å². The zero-order valence-corrected chi connectivity index (χ0v) is 12.9. The van der Waals surface area contributed by atoms with Crippen molar-refractivity contribution in [1.29, 1.82) is 0 Å². The summed E-state index contributed by atoms with van der Waals surface area (Å²) in [6.07, 6.45) is 5.74. The van der Waals surface area contributed by atoms with Gasteiger partial charge in [-0.1, -0.05) is 0 Å². The molecule has 0 bridgehead atoms. The van der Waals surface area contributed by atoms with E-state index >= 15 is 0 Å². The number of anilines is 1. The first-order valence-electron chi connectivity index (χ1n) is 7.71. The number of carbonyl (C=O) groups is 1. The molecule has 9 heteroatoms. The molecule has 0 aromatic carbocycles. The minimum atomic E-state index is -0.664. The van der Waals surface area contributed by atoms with E-state index in [1.807, 2.05) is 4.90 Å². The van der Waals surface area contributed by atoms with Crippen LogP contribution in [0.3, 0.4) is 0 Å². The predicted octanol–water partition coefficient (Wildman–Crippen LogP) is 0.00430. The Morgan fingerprint density at radius 1 is 1.25 bits per heavy atom. The Kier molecular flexibility index (Phi) is 3.62. The molecule has 24 heavy (non-hydrogen) atoms. The zero-order chi connectivity index (χ0) is 16.5. The Bertz CT molecular complexity index is 845. The van der Waals surface area contributed by atoms with E-state index in [-0.39, 0.29) is 12.5 Å². The van der Waals surface area contributed by atoms with Crippen molar-refractivity contribution in [3.05, 3.63) is 36.7 Å². The first-order chi connectivity index (χ1) is 11.7. The maximum atomic E-state index is 12.5. The van der Waals surface area contributed by atoms with Crippen molar-refractivity contribution >= 4 is 22.9 Å². The highest BCUT2D eigenvalue weighted by Crippen LogP contribution is 2.21. The van der Waals surface area contributed by atoms with Crippen molar-refractivity contribution < 1.29 is 9.90 Å². The fourth-order valence-electron chi connectivity index (χ4n) is 3.00. The van der Waals surface area contributed by atoms with Gasteiger partial charge in [-0.3, -0.25) is 4.79 Å². The molecule has 3 N–H and O–H groups in total. The quantitative estimate of drug-likeness (QED) is 0.611. The molecule has 0 saturated carbocycles. The maximum absolute atomic E-state index is 12.5. The van der Waals surface area contributed by atoms with Gasteiger partial charge in [0.15, 0.2) is 11.5 Å². The van der Waals surface area contributed by atoms with E-state index < -0.39 is 6.10 Å². The Hall–Kier alpha value is -2.94. The van der Waals surface area contributed by atoms with E-state index in [1.165, 1.54) is 6.33 Å². The van der Waals surface area contributed by atoms with Gasteiger partial charge in [-0.15, -0.1) is 0 Å². The lowest BCUT2D eigenvalue weighted by Crippen LogP contribution is -2.37. The summed E-state index contributed by atoms with van der Waals surface area (Å²) in [5.41, 5.74) is 1.91. The highest BCUT2D eigenvalue weighted by Gasteiger charge is 2.27. The van der Waals surface area contributed by atoms with E-state index in [0.717, 1.165) is 5.52 Å². The predicted molar refractivity (Wildman–Crippen MR) is 86.6 cm³/mol. The smallest absolute Gasteiger partial charge is 0.255 e. The molecule has 3 aromatic rings. The van der Waals surface area contributed by atoms with Crippen LogP contribution in [0.1, 0.15) is 10.4 Å². The van der Waals surface area contributed by atoms with E-state index in [1.54, 1.807) is 29.7 Å². The van der Waals surface area contributed by atoms with Gasteiger partial charge in [0.2, 0.25) is 0 Å². The average molecular weight is 327 g/mol. The van der Waals surface area contributed by atoms with Gasteiger partial charge in [0.1, 0.15) is 11.8 Å². The lowest BCUT2D eigenvalue weighted by Gasteiger charge is -2.22. The number of H-pyrrole nitrogens is 2. The van der Waals surface area contributed by atoms with Crippen LogP contribution in [0.25, 0.3) is 11.2 Å². The van der Waals surface area contributed by atoms with Crippen LogP contribution >= 0.6 is 0 Å². The summed E-state index contributed by atoms with van der Waals surface area (Å²) in [5, 5.41) is 10.3. The number of aliphatic hydroxyl groups excluding tert-OH is 1. The maximum Gasteiger partial charge on any atom is 0.255 e. The number of imidazole rings is 1. The molecule has 124 valence electrons. The summed E-state index contributed by atoms with van der Waals surface area (Å²) in [4.78, 5) is 34.6. The van der Waals surface area contributed by atoms with Gasteiger partial charge in [-0.2, -0.15) is 0 Å². The number of aromatic amines is 2. The normalized spacial score (nSPS) is 18.8. The molecular weight excluding hydrogens is 310 g/mol. The van der Waals surface area contributed by atoms with Gasteiger partial charge in [0.05, 0.1) is 18.0 Å². The van der Waals surface area contributed by atoms with Crippen LogP contribution in [0.4, 0.5) is 5.82 Å². The van der Waals surface area contributed by atoms with Crippen LogP contribution in [0, 0.1) is 0 Å². The number of rotatable bonds is 2. The van der Waals surface area contributed by atoms with Crippen LogP contribution in [0.5, 0.6) is 0 Å². The molecule has 3 aromatic heterocycles. The third kappa shape index (κ3) is 2.58. The number of aliphatic hydroxyl groups is 1. The first kappa shape index (κ1) is 14.6. The van der Waals surface area contributed by atoms with Gasteiger partial charge >= 0.3 is 0 Å². The van der Waals surface area contributed by atoms with Crippen LogP contribution in [-0.4, -0.2) is 73.1 Å². The van der Waals surface area contributed by atoms with Gasteiger partial charge in [0, 0.05) is 38.6 Å². The number of fused-ring (bicyclic) bond motifs is 1. The topological polar surface area (TPSA) is 114 Å². The van der Waals surface area contributed by atoms with Crippen LogP contribution in [0.15, 0.2) is 31.1 Å². The second kappa shape index (κ2) is 5.93. The van der Waals surface area contributed by atoms with E-state index in [0.29, 0.717) is 36.7 Å². The monoisotopic (exact) mass is 327 g/mol. The molecule has 4 heterocycles. The number of nitrogens with one attached hydrogen (secondary N) is 2. The summed E-state index contributed by atoms with van der Waals surface area (Å²) in [5.74, 6) is 0.596. The summed E-state index contributed by atoms with van der Waals surface area (Å²) < 4.78 is 0. The number of carbonyl (C=O) groups excluding carboxylic acids is 1. The third-order valence-electron chi connectivity index (χ3n) is 4.14. The molecule has 0 spiro atoms. The average Bonchev–Trinajstić information content (AvgIpc) is 3.24. The second-order valence-electron chi connectivity index (χ2n) is 5.75. The number of hydrogen-bond acceptors (Lipinski definition) is 6. The molecule has 1 saturated heterocycles. The van der Waals surface area contributed by atoms with Crippen molar-refractivity contribution in [2.45, 2.75) is 6.10 Å². The molecule has 0 aliphatic carbocycles. The SMILES string of the molecule is O=C(c1cc[nH]c1)N1CCN(c2ncnc3nc[nH]c23)C[C@@H](O)C1. The largest absolute Gasteiger partial charge is 0.389 e. The second-order valence-corrected chi connectivity index (χ2v) is 5.75. The third-order valence-corrected chi connectivity index (χ3v) is 4.14.